The van der Waals surface area contributed by atoms with E-state index < -0.39 is 11.6 Å². The Hall–Kier alpha value is -2.56. The monoisotopic (exact) mass is 273 g/mol. The molecule has 0 fully saturated rings. The average Bonchev–Trinajstić information content (AvgIpc) is 2.46. The molecule has 0 saturated carbocycles. The highest BCUT2D eigenvalue weighted by Gasteiger charge is 2.21. The van der Waals surface area contributed by atoms with E-state index in [0.717, 1.165) is 5.56 Å². The predicted molar refractivity (Wildman–Crippen MR) is 76.1 cm³/mol. The van der Waals surface area contributed by atoms with Crippen molar-refractivity contribution in [2.24, 2.45) is 0 Å². The highest BCUT2D eigenvalue weighted by molar-refractivity contribution is 5.95. The predicted octanol–water partition coefficient (Wildman–Crippen LogP) is 2.16. The van der Waals surface area contributed by atoms with Gasteiger partial charge >= 0.3 is 11.6 Å². The number of anilines is 1. The molecule has 0 aliphatic rings. The third kappa shape index (κ3) is 2.56. The van der Waals surface area contributed by atoms with Crippen LogP contribution in [0.25, 0.3) is 11.3 Å². The Balaban J connectivity index is 2.66. The standard InChI is InChI=1S/C15H15NO4/c1-16(2)11-9-12(10-7-5-4-6-8-10)20-15(18)13(11)14(17)19-3/h4-9H,1-3H3. The first-order valence-electron chi connectivity index (χ1n) is 6.03. The summed E-state index contributed by atoms with van der Waals surface area (Å²) < 4.78 is 9.85. The van der Waals surface area contributed by atoms with Crippen LogP contribution in [0.5, 0.6) is 0 Å². The summed E-state index contributed by atoms with van der Waals surface area (Å²) in [6.07, 6.45) is 0. The molecule has 0 unspecified atom stereocenters. The number of hydrogen-bond acceptors (Lipinski definition) is 5. The minimum Gasteiger partial charge on any atom is -0.465 e. The van der Waals surface area contributed by atoms with E-state index in [1.165, 1.54) is 7.11 Å². The van der Waals surface area contributed by atoms with Crippen LogP contribution in [0.15, 0.2) is 45.6 Å². The summed E-state index contributed by atoms with van der Waals surface area (Å²) in [5.41, 5.74) is 0.426. The number of methoxy groups -OCH3 is 1. The second-order valence-corrected chi connectivity index (χ2v) is 4.41. The molecular formula is C15H15NO4. The van der Waals surface area contributed by atoms with Gasteiger partial charge in [-0.25, -0.2) is 9.59 Å². The zero-order valence-electron chi connectivity index (χ0n) is 11.5. The SMILES string of the molecule is COC(=O)c1c(N(C)C)cc(-c2ccccc2)oc1=O. The van der Waals surface area contributed by atoms with Crippen molar-refractivity contribution in [3.63, 3.8) is 0 Å². The van der Waals surface area contributed by atoms with Crippen LogP contribution in [0, 0.1) is 0 Å². The fourth-order valence-electron chi connectivity index (χ4n) is 1.87. The second kappa shape index (κ2) is 5.61. The topological polar surface area (TPSA) is 59.8 Å². The number of rotatable bonds is 3. The molecule has 5 heteroatoms. The lowest BCUT2D eigenvalue weighted by atomic mass is 10.1. The van der Waals surface area contributed by atoms with Crippen molar-refractivity contribution >= 4 is 11.7 Å². The number of carbonyl (C=O) groups excluding carboxylic acids is 1. The zero-order chi connectivity index (χ0) is 14.7. The maximum absolute atomic E-state index is 12.0. The zero-order valence-corrected chi connectivity index (χ0v) is 11.5. The van der Waals surface area contributed by atoms with Gasteiger partial charge in [0.2, 0.25) is 0 Å². The van der Waals surface area contributed by atoms with E-state index in [4.69, 9.17) is 4.42 Å². The van der Waals surface area contributed by atoms with Crippen LogP contribution in [0.4, 0.5) is 5.69 Å². The lowest BCUT2D eigenvalue weighted by Crippen LogP contribution is -2.22. The van der Waals surface area contributed by atoms with E-state index in [2.05, 4.69) is 4.74 Å². The minimum absolute atomic E-state index is 0.0998. The van der Waals surface area contributed by atoms with Crippen molar-refractivity contribution < 1.29 is 13.9 Å². The molecule has 0 bridgehead atoms. The summed E-state index contributed by atoms with van der Waals surface area (Å²) >= 11 is 0. The summed E-state index contributed by atoms with van der Waals surface area (Å²) in [5, 5.41) is 0. The molecule has 1 aromatic carbocycles. The highest BCUT2D eigenvalue weighted by atomic mass is 16.5. The fourth-order valence-corrected chi connectivity index (χ4v) is 1.87. The van der Waals surface area contributed by atoms with Gasteiger partial charge in [-0.1, -0.05) is 30.3 Å². The molecule has 0 spiro atoms. The van der Waals surface area contributed by atoms with Crippen molar-refractivity contribution in [3.8, 4) is 11.3 Å². The van der Waals surface area contributed by atoms with Crippen LogP contribution in [-0.2, 0) is 4.74 Å². The average molecular weight is 273 g/mol. The Bertz CT molecular complexity index is 674. The number of hydrogen-bond donors (Lipinski definition) is 0. The first kappa shape index (κ1) is 13.9. The molecule has 2 aromatic rings. The number of esters is 1. The highest BCUT2D eigenvalue weighted by Crippen LogP contribution is 2.25. The van der Waals surface area contributed by atoms with E-state index in [9.17, 15) is 9.59 Å². The van der Waals surface area contributed by atoms with Crippen molar-refractivity contribution in [3.05, 3.63) is 52.4 Å². The lowest BCUT2D eigenvalue weighted by Gasteiger charge is -2.16. The maximum Gasteiger partial charge on any atom is 0.353 e. The molecule has 104 valence electrons. The van der Waals surface area contributed by atoms with E-state index >= 15 is 0 Å². The van der Waals surface area contributed by atoms with Gasteiger partial charge in [0.25, 0.3) is 0 Å². The van der Waals surface area contributed by atoms with Gasteiger partial charge in [0.15, 0.2) is 5.56 Å². The molecular weight excluding hydrogens is 258 g/mol. The van der Waals surface area contributed by atoms with Gasteiger partial charge in [-0.2, -0.15) is 0 Å². The first-order valence-corrected chi connectivity index (χ1v) is 6.03. The Morgan fingerprint density at radius 1 is 1.20 bits per heavy atom. The molecule has 0 radical (unpaired) electrons. The Kier molecular flexibility index (Phi) is 3.89. The lowest BCUT2D eigenvalue weighted by molar-refractivity contribution is 0.0596. The quantitative estimate of drug-likeness (QED) is 0.802. The van der Waals surface area contributed by atoms with Gasteiger partial charge in [0.1, 0.15) is 5.76 Å². The molecule has 0 aliphatic carbocycles. The number of nitrogens with zero attached hydrogens (tertiary/aromatic N) is 1. The molecule has 20 heavy (non-hydrogen) atoms. The Morgan fingerprint density at radius 3 is 2.40 bits per heavy atom. The number of ether oxygens (including phenoxy) is 1. The van der Waals surface area contributed by atoms with Gasteiger partial charge in [0.05, 0.1) is 12.8 Å². The first-order chi connectivity index (χ1) is 9.54. The molecule has 1 aromatic heterocycles. The third-order valence-corrected chi connectivity index (χ3v) is 2.86. The normalized spacial score (nSPS) is 10.2. The summed E-state index contributed by atoms with van der Waals surface area (Å²) in [6.45, 7) is 0. The maximum atomic E-state index is 12.0. The van der Waals surface area contributed by atoms with Crippen LogP contribution in [-0.4, -0.2) is 27.2 Å². The summed E-state index contributed by atoms with van der Waals surface area (Å²) in [4.78, 5) is 25.4. The Morgan fingerprint density at radius 2 is 1.85 bits per heavy atom. The van der Waals surface area contributed by atoms with E-state index in [0.29, 0.717) is 11.4 Å². The van der Waals surface area contributed by atoms with Crippen LogP contribution in [0.2, 0.25) is 0 Å². The van der Waals surface area contributed by atoms with Crippen molar-refractivity contribution in [1.29, 1.82) is 0 Å². The third-order valence-electron chi connectivity index (χ3n) is 2.86. The molecule has 0 amide bonds. The van der Waals surface area contributed by atoms with Gasteiger partial charge < -0.3 is 14.1 Å². The van der Waals surface area contributed by atoms with Gasteiger partial charge in [-0.05, 0) is 0 Å². The number of benzene rings is 1. The molecule has 0 saturated heterocycles. The Labute approximate surface area is 116 Å². The molecule has 1 heterocycles. The van der Waals surface area contributed by atoms with Crippen molar-refractivity contribution in [2.75, 3.05) is 26.1 Å². The fraction of sp³-hybridized carbons (Fsp3) is 0.200. The summed E-state index contributed by atoms with van der Waals surface area (Å²) in [5.74, 6) is -0.297. The molecule has 0 aliphatic heterocycles. The number of carbonyl (C=O) groups is 1. The van der Waals surface area contributed by atoms with Crippen LogP contribution < -0.4 is 10.5 Å². The van der Waals surface area contributed by atoms with E-state index in [-0.39, 0.29) is 5.56 Å². The van der Waals surface area contributed by atoms with E-state index in [1.54, 1.807) is 25.1 Å². The van der Waals surface area contributed by atoms with Crippen LogP contribution in [0.1, 0.15) is 10.4 Å². The molecule has 5 nitrogen and oxygen atoms in total. The smallest absolute Gasteiger partial charge is 0.353 e. The van der Waals surface area contributed by atoms with Crippen LogP contribution in [0.3, 0.4) is 0 Å². The summed E-state index contributed by atoms with van der Waals surface area (Å²) in [6, 6.07) is 10.9. The van der Waals surface area contributed by atoms with Crippen molar-refractivity contribution in [1.82, 2.24) is 0 Å². The van der Waals surface area contributed by atoms with Gasteiger partial charge in [-0.3, -0.25) is 0 Å². The summed E-state index contributed by atoms with van der Waals surface area (Å²) in [7, 11) is 4.72. The van der Waals surface area contributed by atoms with Gasteiger partial charge in [0, 0.05) is 25.7 Å². The van der Waals surface area contributed by atoms with Gasteiger partial charge in [-0.15, -0.1) is 0 Å². The largest absolute Gasteiger partial charge is 0.465 e. The van der Waals surface area contributed by atoms with E-state index in [1.807, 2.05) is 30.3 Å². The van der Waals surface area contributed by atoms with Crippen molar-refractivity contribution in [2.45, 2.75) is 0 Å². The molecule has 0 N–H and O–H groups in total. The molecule has 2 rings (SSSR count). The minimum atomic E-state index is -0.707. The van der Waals surface area contributed by atoms with Crippen LogP contribution >= 0.6 is 0 Å². The molecule has 0 atom stereocenters. The second-order valence-electron chi connectivity index (χ2n) is 4.41.